The molecular formula is C15H22N4O3. The molecule has 0 bridgehead atoms. The van der Waals surface area contributed by atoms with Gasteiger partial charge in [-0.25, -0.2) is 4.79 Å². The van der Waals surface area contributed by atoms with Gasteiger partial charge in [-0.15, -0.1) is 0 Å². The molecule has 0 saturated heterocycles. The predicted molar refractivity (Wildman–Crippen MR) is 82.1 cm³/mol. The van der Waals surface area contributed by atoms with Crippen molar-refractivity contribution in [1.29, 1.82) is 0 Å². The molecule has 4 amide bonds. The van der Waals surface area contributed by atoms with Gasteiger partial charge in [0.15, 0.2) is 0 Å². The zero-order valence-electron chi connectivity index (χ0n) is 13.2. The van der Waals surface area contributed by atoms with Gasteiger partial charge < -0.3 is 16.0 Å². The molecule has 2 aliphatic heterocycles. The first kappa shape index (κ1) is 16.2. The third kappa shape index (κ3) is 3.18. The molecule has 7 nitrogen and oxygen atoms in total. The number of carbonyl (C=O) groups is 3. The fraction of sp³-hybridized carbons (Fsp3) is 0.600. The van der Waals surface area contributed by atoms with Gasteiger partial charge in [-0.3, -0.25) is 9.59 Å². The zero-order chi connectivity index (χ0) is 16.3. The minimum atomic E-state index is -0.854. The lowest BCUT2D eigenvalue weighted by Gasteiger charge is -2.22. The first-order valence-electron chi connectivity index (χ1n) is 7.58. The lowest BCUT2D eigenvalue weighted by Crippen LogP contribution is -2.40. The Labute approximate surface area is 129 Å². The highest BCUT2D eigenvalue weighted by Gasteiger charge is 2.46. The van der Waals surface area contributed by atoms with Crippen LogP contribution in [0.4, 0.5) is 4.79 Å². The smallest absolute Gasteiger partial charge is 0.336 e. The summed E-state index contributed by atoms with van der Waals surface area (Å²) in [6.07, 6.45) is 3.27. The first-order chi connectivity index (χ1) is 10.4. The van der Waals surface area contributed by atoms with E-state index in [1.807, 2.05) is 0 Å². The number of amidine groups is 1. The highest BCUT2D eigenvalue weighted by atomic mass is 16.2. The number of unbranched alkanes of at least 4 members (excludes halogenated alkanes) is 2. The van der Waals surface area contributed by atoms with Crippen molar-refractivity contribution in [3.8, 4) is 0 Å². The molecule has 3 N–H and O–H groups in total. The number of hydrogen-bond donors (Lipinski definition) is 3. The molecule has 0 unspecified atom stereocenters. The fourth-order valence-electron chi connectivity index (χ4n) is 2.61. The van der Waals surface area contributed by atoms with Crippen molar-refractivity contribution in [2.24, 2.45) is 10.4 Å². The van der Waals surface area contributed by atoms with Crippen molar-refractivity contribution in [3.05, 3.63) is 11.3 Å². The van der Waals surface area contributed by atoms with Gasteiger partial charge in [0.2, 0.25) is 5.91 Å². The molecule has 0 atom stereocenters. The molecule has 0 aromatic heterocycles. The second-order valence-corrected chi connectivity index (χ2v) is 6.06. The Bertz CT molecular complexity index is 575. The average Bonchev–Trinajstić information content (AvgIpc) is 2.65. The van der Waals surface area contributed by atoms with Gasteiger partial charge in [0.25, 0.3) is 5.91 Å². The highest BCUT2D eigenvalue weighted by molar-refractivity contribution is 6.17. The molecule has 2 rings (SSSR count). The van der Waals surface area contributed by atoms with Gasteiger partial charge in [-0.05, 0) is 20.3 Å². The molecule has 0 radical (unpaired) electrons. The number of nitrogens with zero attached hydrogens (tertiary/aromatic N) is 1. The summed E-state index contributed by atoms with van der Waals surface area (Å²) in [6.45, 7) is 6.05. The van der Waals surface area contributed by atoms with E-state index in [0.29, 0.717) is 17.8 Å². The van der Waals surface area contributed by atoms with E-state index in [1.165, 1.54) is 0 Å². The quantitative estimate of drug-likeness (QED) is 0.681. The zero-order valence-corrected chi connectivity index (χ0v) is 13.2. The van der Waals surface area contributed by atoms with E-state index < -0.39 is 11.4 Å². The number of hydrogen-bond acceptors (Lipinski definition) is 3. The SMILES string of the molecule is CCCCCNC(=O)/N=C1\CC2=C(C(=O)N1)C(C)(C)C(=O)N2. The minimum absolute atomic E-state index is 0.210. The van der Waals surface area contributed by atoms with Crippen molar-refractivity contribution < 1.29 is 14.4 Å². The summed E-state index contributed by atoms with van der Waals surface area (Å²) < 4.78 is 0. The molecule has 0 saturated carbocycles. The summed E-state index contributed by atoms with van der Waals surface area (Å²) in [5.41, 5.74) is 0.115. The summed E-state index contributed by atoms with van der Waals surface area (Å²) in [6, 6.07) is -0.473. The summed E-state index contributed by atoms with van der Waals surface area (Å²) in [7, 11) is 0. The van der Waals surface area contributed by atoms with E-state index in [4.69, 9.17) is 0 Å². The van der Waals surface area contributed by atoms with Crippen LogP contribution in [-0.2, 0) is 9.59 Å². The molecule has 0 aliphatic carbocycles. The van der Waals surface area contributed by atoms with Crippen LogP contribution in [0.15, 0.2) is 16.3 Å². The van der Waals surface area contributed by atoms with Crippen molar-refractivity contribution in [2.75, 3.05) is 6.54 Å². The van der Waals surface area contributed by atoms with Gasteiger partial charge in [0.1, 0.15) is 5.84 Å². The van der Waals surface area contributed by atoms with Gasteiger partial charge in [0.05, 0.1) is 11.0 Å². The van der Waals surface area contributed by atoms with Gasteiger partial charge in [0, 0.05) is 18.7 Å². The van der Waals surface area contributed by atoms with Crippen LogP contribution in [0.2, 0.25) is 0 Å². The number of amides is 4. The number of rotatable bonds is 4. The predicted octanol–water partition coefficient (Wildman–Crippen LogP) is 1.21. The Morgan fingerprint density at radius 2 is 2.00 bits per heavy atom. The molecule has 0 aromatic rings. The number of urea groups is 1. The van der Waals surface area contributed by atoms with E-state index in [9.17, 15) is 14.4 Å². The van der Waals surface area contributed by atoms with Crippen LogP contribution in [-0.4, -0.2) is 30.2 Å². The van der Waals surface area contributed by atoms with Crippen LogP contribution < -0.4 is 16.0 Å². The largest absolute Gasteiger partial charge is 0.342 e. The number of nitrogens with one attached hydrogen (secondary N) is 3. The van der Waals surface area contributed by atoms with Crippen LogP contribution >= 0.6 is 0 Å². The maximum absolute atomic E-state index is 12.2. The topological polar surface area (TPSA) is 99.7 Å². The van der Waals surface area contributed by atoms with E-state index in [0.717, 1.165) is 19.3 Å². The first-order valence-corrected chi connectivity index (χ1v) is 7.58. The van der Waals surface area contributed by atoms with Crippen molar-refractivity contribution >= 4 is 23.7 Å². The number of carbonyl (C=O) groups excluding carboxylic acids is 3. The average molecular weight is 306 g/mol. The van der Waals surface area contributed by atoms with Crippen LogP contribution in [0.1, 0.15) is 46.5 Å². The number of aliphatic imine (C=N–C) groups is 1. The van der Waals surface area contributed by atoms with Gasteiger partial charge in [-0.2, -0.15) is 4.99 Å². The molecule has 0 aromatic carbocycles. The van der Waals surface area contributed by atoms with E-state index in [1.54, 1.807) is 13.8 Å². The Morgan fingerprint density at radius 3 is 2.68 bits per heavy atom. The summed E-state index contributed by atoms with van der Waals surface area (Å²) in [4.78, 5) is 39.6. The molecule has 120 valence electrons. The van der Waals surface area contributed by atoms with Crippen LogP contribution in [0, 0.1) is 5.41 Å². The summed E-state index contributed by atoms with van der Waals surface area (Å²) in [5.74, 6) is -0.324. The Hall–Kier alpha value is -2.18. The third-order valence-electron chi connectivity index (χ3n) is 3.88. The monoisotopic (exact) mass is 306 g/mol. The van der Waals surface area contributed by atoms with E-state index in [2.05, 4.69) is 27.9 Å². The standard InChI is InChI=1S/C15H22N4O3/c1-4-5-6-7-16-14(22)19-10-8-9-11(12(20)18-10)15(2,3)13(21)17-9/h4-8H2,1-3H3,(H,17,21)(H2,16,18,19,20,22). The molecule has 22 heavy (non-hydrogen) atoms. The molecule has 0 fully saturated rings. The van der Waals surface area contributed by atoms with E-state index in [-0.39, 0.29) is 24.1 Å². The van der Waals surface area contributed by atoms with Crippen molar-refractivity contribution in [2.45, 2.75) is 46.5 Å². The Balaban J connectivity index is 2.02. The summed E-state index contributed by atoms with van der Waals surface area (Å²) in [5, 5.41) is 7.99. The maximum atomic E-state index is 12.2. The maximum Gasteiger partial charge on any atom is 0.342 e. The molecular weight excluding hydrogens is 284 g/mol. The molecule has 7 heteroatoms. The normalized spacial score (nSPS) is 21.5. The molecule has 2 heterocycles. The van der Waals surface area contributed by atoms with Crippen molar-refractivity contribution in [3.63, 3.8) is 0 Å². The van der Waals surface area contributed by atoms with Crippen LogP contribution in [0.3, 0.4) is 0 Å². The molecule has 0 spiro atoms. The lowest BCUT2D eigenvalue weighted by atomic mass is 9.83. The third-order valence-corrected chi connectivity index (χ3v) is 3.88. The fourth-order valence-corrected chi connectivity index (χ4v) is 2.61. The lowest BCUT2D eigenvalue weighted by molar-refractivity contribution is -0.127. The Morgan fingerprint density at radius 1 is 1.27 bits per heavy atom. The van der Waals surface area contributed by atoms with Crippen LogP contribution in [0.5, 0.6) is 0 Å². The van der Waals surface area contributed by atoms with Gasteiger partial charge >= 0.3 is 6.03 Å². The minimum Gasteiger partial charge on any atom is -0.336 e. The van der Waals surface area contributed by atoms with Crippen LogP contribution in [0.25, 0.3) is 0 Å². The van der Waals surface area contributed by atoms with Gasteiger partial charge in [-0.1, -0.05) is 19.8 Å². The summed E-state index contributed by atoms with van der Waals surface area (Å²) >= 11 is 0. The second kappa shape index (κ2) is 6.29. The highest BCUT2D eigenvalue weighted by Crippen LogP contribution is 2.36. The van der Waals surface area contributed by atoms with Crippen molar-refractivity contribution in [1.82, 2.24) is 16.0 Å². The Kier molecular flexibility index (Phi) is 4.63. The molecule has 2 aliphatic rings. The second-order valence-electron chi connectivity index (χ2n) is 6.06. The van der Waals surface area contributed by atoms with E-state index >= 15 is 0 Å².